The van der Waals surface area contributed by atoms with Crippen LogP contribution in [-0.2, 0) is 0 Å². The predicted octanol–water partition coefficient (Wildman–Crippen LogP) is 2.08. The highest BCUT2D eigenvalue weighted by molar-refractivity contribution is 9.10. The number of hydrogen-bond acceptors (Lipinski definition) is 3. The molecule has 6 heteroatoms. The smallest absolute Gasteiger partial charge is 0.320 e. The van der Waals surface area contributed by atoms with Crippen molar-refractivity contribution in [2.24, 2.45) is 0 Å². The van der Waals surface area contributed by atoms with Crippen LogP contribution in [0.4, 0.5) is 15.8 Å². The number of halogens is 2. The van der Waals surface area contributed by atoms with E-state index in [0.29, 0.717) is 0 Å². The fourth-order valence-corrected chi connectivity index (χ4v) is 1.19. The lowest BCUT2D eigenvalue weighted by molar-refractivity contribution is -0.388. The van der Waals surface area contributed by atoms with Gasteiger partial charge in [-0.1, -0.05) is 0 Å². The van der Waals surface area contributed by atoms with Gasteiger partial charge in [-0.3, -0.25) is 10.1 Å². The number of nitro groups is 1. The summed E-state index contributed by atoms with van der Waals surface area (Å²) in [5.41, 5.74) is 4.82. The molecule has 0 fully saturated rings. The van der Waals surface area contributed by atoms with E-state index < -0.39 is 16.4 Å². The van der Waals surface area contributed by atoms with Crippen LogP contribution in [-0.4, -0.2) is 4.92 Å². The largest absolute Gasteiger partial charge is 0.398 e. The van der Waals surface area contributed by atoms with Gasteiger partial charge < -0.3 is 5.73 Å². The topological polar surface area (TPSA) is 69.2 Å². The van der Waals surface area contributed by atoms with E-state index in [9.17, 15) is 14.5 Å². The minimum absolute atomic E-state index is 0.0208. The molecule has 1 rings (SSSR count). The third-order valence-electron chi connectivity index (χ3n) is 1.28. The Kier molecular flexibility index (Phi) is 2.27. The fraction of sp³-hybridized carbons (Fsp3) is 0. The van der Waals surface area contributed by atoms with Gasteiger partial charge in [0.25, 0.3) is 0 Å². The monoisotopic (exact) mass is 234 g/mol. The maximum atomic E-state index is 12.8. The average molecular weight is 235 g/mol. The van der Waals surface area contributed by atoms with Gasteiger partial charge in [-0.2, -0.15) is 4.39 Å². The number of nitrogens with two attached hydrogens (primary N) is 1. The summed E-state index contributed by atoms with van der Waals surface area (Å²) >= 11 is 2.82. The summed E-state index contributed by atoms with van der Waals surface area (Å²) in [6, 6.07) is 2.21. The van der Waals surface area contributed by atoms with E-state index in [0.717, 1.165) is 6.07 Å². The zero-order valence-electron chi connectivity index (χ0n) is 5.75. The van der Waals surface area contributed by atoms with E-state index in [4.69, 9.17) is 5.73 Å². The van der Waals surface area contributed by atoms with E-state index in [1.807, 2.05) is 0 Å². The van der Waals surface area contributed by atoms with Crippen LogP contribution >= 0.6 is 15.9 Å². The van der Waals surface area contributed by atoms with Crippen molar-refractivity contribution in [1.82, 2.24) is 0 Å². The molecule has 0 bridgehead atoms. The molecule has 2 N–H and O–H groups in total. The van der Waals surface area contributed by atoms with Gasteiger partial charge in [-0.05, 0) is 28.1 Å². The first-order valence-electron chi connectivity index (χ1n) is 2.92. The van der Waals surface area contributed by atoms with E-state index in [1.54, 1.807) is 0 Å². The highest BCUT2D eigenvalue weighted by Gasteiger charge is 2.20. The molecular formula is C6H4BrFN2O2. The van der Waals surface area contributed by atoms with Gasteiger partial charge in [-0.15, -0.1) is 0 Å². The first-order valence-corrected chi connectivity index (χ1v) is 3.71. The van der Waals surface area contributed by atoms with Crippen LogP contribution in [0.5, 0.6) is 0 Å². The molecule has 0 heterocycles. The SMILES string of the molecule is Nc1ccc(F)c([N+](=O)[O-])c1Br. The quantitative estimate of drug-likeness (QED) is 0.460. The summed E-state index contributed by atoms with van der Waals surface area (Å²) in [7, 11) is 0. The zero-order valence-corrected chi connectivity index (χ0v) is 7.34. The molecule has 0 radical (unpaired) electrons. The number of anilines is 1. The van der Waals surface area contributed by atoms with Crippen molar-refractivity contribution in [3.05, 3.63) is 32.5 Å². The van der Waals surface area contributed by atoms with E-state index in [2.05, 4.69) is 15.9 Å². The molecule has 0 unspecified atom stereocenters. The van der Waals surface area contributed by atoms with Crippen molar-refractivity contribution in [3.63, 3.8) is 0 Å². The molecule has 0 spiro atoms. The number of rotatable bonds is 1. The van der Waals surface area contributed by atoms with Gasteiger partial charge in [0.15, 0.2) is 0 Å². The Hall–Kier alpha value is -1.17. The second-order valence-corrected chi connectivity index (χ2v) is 2.85. The lowest BCUT2D eigenvalue weighted by atomic mass is 10.3. The van der Waals surface area contributed by atoms with Crippen molar-refractivity contribution in [2.75, 3.05) is 5.73 Å². The van der Waals surface area contributed by atoms with Crippen molar-refractivity contribution in [3.8, 4) is 0 Å². The van der Waals surface area contributed by atoms with Gasteiger partial charge in [0.2, 0.25) is 5.82 Å². The molecule has 1 aromatic carbocycles. The summed E-state index contributed by atoms with van der Waals surface area (Å²) in [6.07, 6.45) is 0. The van der Waals surface area contributed by atoms with Crippen molar-refractivity contribution >= 4 is 27.3 Å². The molecule has 1 aromatic rings. The average Bonchev–Trinajstić information content (AvgIpc) is 1.97. The number of nitrogens with zero attached hydrogens (tertiary/aromatic N) is 1. The molecule has 0 amide bonds. The Morgan fingerprint density at radius 1 is 1.58 bits per heavy atom. The fourth-order valence-electron chi connectivity index (χ4n) is 0.724. The van der Waals surface area contributed by atoms with Crippen molar-refractivity contribution < 1.29 is 9.31 Å². The third kappa shape index (κ3) is 1.38. The Morgan fingerprint density at radius 2 is 2.17 bits per heavy atom. The van der Waals surface area contributed by atoms with Gasteiger partial charge >= 0.3 is 5.69 Å². The van der Waals surface area contributed by atoms with Crippen LogP contribution in [0.1, 0.15) is 0 Å². The summed E-state index contributed by atoms with van der Waals surface area (Å²) in [6.45, 7) is 0. The van der Waals surface area contributed by atoms with Crippen LogP contribution < -0.4 is 5.73 Å². The number of hydrogen-bond donors (Lipinski definition) is 1. The molecule has 0 aliphatic rings. The van der Waals surface area contributed by atoms with Crippen molar-refractivity contribution in [1.29, 1.82) is 0 Å². The summed E-state index contributed by atoms with van der Waals surface area (Å²) in [5.74, 6) is -0.902. The molecule has 0 aliphatic carbocycles. The second-order valence-electron chi connectivity index (χ2n) is 2.06. The summed E-state index contributed by atoms with van der Waals surface area (Å²) in [4.78, 5) is 9.45. The molecule has 64 valence electrons. The molecule has 4 nitrogen and oxygen atoms in total. The molecule has 12 heavy (non-hydrogen) atoms. The number of nitrogen functional groups attached to an aromatic ring is 1. The van der Waals surface area contributed by atoms with E-state index in [1.165, 1.54) is 6.07 Å². The summed E-state index contributed by atoms with van der Waals surface area (Å²) in [5, 5.41) is 10.3. The first kappa shape index (κ1) is 8.92. The summed E-state index contributed by atoms with van der Waals surface area (Å²) < 4.78 is 12.7. The van der Waals surface area contributed by atoms with E-state index >= 15 is 0 Å². The van der Waals surface area contributed by atoms with Crippen LogP contribution in [0.15, 0.2) is 16.6 Å². The van der Waals surface area contributed by atoms with Crippen LogP contribution in [0.25, 0.3) is 0 Å². The normalized spacial score (nSPS) is 9.83. The molecule has 0 aromatic heterocycles. The Balaban J connectivity index is 3.43. The van der Waals surface area contributed by atoms with Crippen LogP contribution in [0.3, 0.4) is 0 Å². The molecule has 0 saturated carbocycles. The molecule has 0 atom stereocenters. The molecule has 0 saturated heterocycles. The maximum Gasteiger partial charge on any atom is 0.320 e. The second kappa shape index (κ2) is 3.06. The van der Waals surface area contributed by atoms with Gasteiger partial charge in [-0.25, -0.2) is 0 Å². The minimum atomic E-state index is -0.902. The Morgan fingerprint density at radius 3 is 2.58 bits per heavy atom. The van der Waals surface area contributed by atoms with Gasteiger partial charge in [0.05, 0.1) is 10.6 Å². The standard InChI is InChI=1S/C6H4BrFN2O2/c7-5-4(9)2-1-3(8)6(5)10(11)12/h1-2H,9H2. The van der Waals surface area contributed by atoms with E-state index in [-0.39, 0.29) is 10.2 Å². The van der Waals surface area contributed by atoms with Crippen LogP contribution in [0, 0.1) is 15.9 Å². The maximum absolute atomic E-state index is 12.8. The minimum Gasteiger partial charge on any atom is -0.398 e. The third-order valence-corrected chi connectivity index (χ3v) is 2.11. The van der Waals surface area contributed by atoms with Crippen molar-refractivity contribution in [2.45, 2.75) is 0 Å². The predicted molar refractivity (Wildman–Crippen MR) is 45.2 cm³/mol. The Bertz CT molecular complexity index is 343. The number of nitro benzene ring substituents is 1. The van der Waals surface area contributed by atoms with Gasteiger partial charge in [0, 0.05) is 0 Å². The zero-order chi connectivity index (χ0) is 9.30. The lowest BCUT2D eigenvalue weighted by Gasteiger charge is -1.99. The van der Waals surface area contributed by atoms with Crippen LogP contribution in [0.2, 0.25) is 0 Å². The highest BCUT2D eigenvalue weighted by atomic mass is 79.9. The molecule has 0 aliphatic heterocycles. The first-order chi connectivity index (χ1) is 5.54. The lowest BCUT2D eigenvalue weighted by Crippen LogP contribution is -1.97. The highest BCUT2D eigenvalue weighted by Crippen LogP contribution is 2.32. The number of benzene rings is 1. The van der Waals surface area contributed by atoms with Gasteiger partial charge in [0.1, 0.15) is 4.47 Å². The molecular weight excluding hydrogens is 231 g/mol. The Labute approximate surface area is 75.5 Å².